The Morgan fingerprint density at radius 3 is 2.91 bits per heavy atom. The summed E-state index contributed by atoms with van der Waals surface area (Å²) in [5.74, 6) is 0.0682. The van der Waals surface area contributed by atoms with Crippen molar-refractivity contribution >= 4 is 17.7 Å². The SMILES string of the molecule is O=C(Cn1c(CO)cnc1SCc1ccccc1F)NC1CC1. The van der Waals surface area contributed by atoms with E-state index in [2.05, 4.69) is 10.3 Å². The Labute approximate surface area is 137 Å². The summed E-state index contributed by atoms with van der Waals surface area (Å²) in [5, 5.41) is 12.9. The van der Waals surface area contributed by atoms with Crippen molar-refractivity contribution in [2.24, 2.45) is 0 Å². The van der Waals surface area contributed by atoms with E-state index in [-0.39, 0.29) is 30.9 Å². The number of hydrogen-bond donors (Lipinski definition) is 2. The predicted octanol–water partition coefficient (Wildman–Crippen LogP) is 2.09. The van der Waals surface area contributed by atoms with Crippen LogP contribution < -0.4 is 5.32 Å². The van der Waals surface area contributed by atoms with E-state index in [1.54, 1.807) is 29.0 Å². The molecule has 0 unspecified atom stereocenters. The Morgan fingerprint density at radius 1 is 1.43 bits per heavy atom. The van der Waals surface area contributed by atoms with Crippen LogP contribution in [0.2, 0.25) is 0 Å². The first-order valence-corrected chi connectivity index (χ1v) is 8.46. The zero-order valence-electron chi connectivity index (χ0n) is 12.5. The Morgan fingerprint density at radius 2 is 2.22 bits per heavy atom. The number of thioether (sulfide) groups is 1. The van der Waals surface area contributed by atoms with Crippen molar-refractivity contribution in [1.82, 2.24) is 14.9 Å². The van der Waals surface area contributed by atoms with E-state index >= 15 is 0 Å². The minimum atomic E-state index is -0.257. The van der Waals surface area contributed by atoms with Gasteiger partial charge in [-0.3, -0.25) is 4.79 Å². The van der Waals surface area contributed by atoms with Gasteiger partial charge in [0.25, 0.3) is 0 Å². The molecule has 0 bridgehead atoms. The molecule has 1 aliphatic rings. The van der Waals surface area contributed by atoms with E-state index < -0.39 is 0 Å². The van der Waals surface area contributed by atoms with Crippen molar-refractivity contribution in [2.45, 2.75) is 42.9 Å². The summed E-state index contributed by atoms with van der Waals surface area (Å²) in [6, 6.07) is 6.87. The predicted molar refractivity (Wildman–Crippen MR) is 85.3 cm³/mol. The van der Waals surface area contributed by atoms with Gasteiger partial charge in [-0.05, 0) is 24.5 Å². The first-order valence-electron chi connectivity index (χ1n) is 7.48. The van der Waals surface area contributed by atoms with E-state index in [1.165, 1.54) is 17.8 Å². The molecule has 5 nitrogen and oxygen atoms in total. The largest absolute Gasteiger partial charge is 0.390 e. The molecule has 1 amide bonds. The van der Waals surface area contributed by atoms with Gasteiger partial charge in [-0.15, -0.1) is 0 Å². The second-order valence-electron chi connectivity index (χ2n) is 5.50. The molecule has 1 aromatic heterocycles. The van der Waals surface area contributed by atoms with Gasteiger partial charge in [-0.2, -0.15) is 0 Å². The third-order valence-electron chi connectivity index (χ3n) is 3.62. The number of aliphatic hydroxyl groups is 1. The van der Waals surface area contributed by atoms with Crippen LogP contribution in [0.4, 0.5) is 4.39 Å². The lowest BCUT2D eigenvalue weighted by Gasteiger charge is -2.11. The number of halogens is 1. The van der Waals surface area contributed by atoms with Crippen LogP contribution in [0.3, 0.4) is 0 Å². The fraction of sp³-hybridized carbons (Fsp3) is 0.375. The average Bonchev–Trinajstić information content (AvgIpc) is 3.27. The summed E-state index contributed by atoms with van der Waals surface area (Å²) in [6.07, 6.45) is 3.60. The van der Waals surface area contributed by atoms with Crippen LogP contribution in [0.25, 0.3) is 0 Å². The minimum Gasteiger partial charge on any atom is -0.390 e. The van der Waals surface area contributed by atoms with Gasteiger partial charge in [-0.1, -0.05) is 30.0 Å². The molecule has 23 heavy (non-hydrogen) atoms. The van der Waals surface area contributed by atoms with E-state index in [0.29, 0.717) is 22.2 Å². The number of hydrogen-bond acceptors (Lipinski definition) is 4. The molecule has 0 aliphatic heterocycles. The molecule has 0 atom stereocenters. The molecule has 0 radical (unpaired) electrons. The zero-order chi connectivity index (χ0) is 16.2. The number of rotatable bonds is 7. The quantitative estimate of drug-likeness (QED) is 0.760. The maximum absolute atomic E-state index is 13.7. The lowest BCUT2D eigenvalue weighted by Crippen LogP contribution is -2.30. The highest BCUT2D eigenvalue weighted by Crippen LogP contribution is 2.25. The zero-order valence-corrected chi connectivity index (χ0v) is 13.4. The molecule has 1 aromatic carbocycles. The van der Waals surface area contributed by atoms with Crippen molar-refractivity contribution < 1.29 is 14.3 Å². The van der Waals surface area contributed by atoms with Crippen LogP contribution in [0.5, 0.6) is 0 Å². The maximum Gasteiger partial charge on any atom is 0.240 e. The van der Waals surface area contributed by atoms with Crippen molar-refractivity contribution in [3.05, 3.63) is 47.5 Å². The first-order chi connectivity index (χ1) is 11.2. The highest BCUT2D eigenvalue weighted by atomic mass is 32.2. The van der Waals surface area contributed by atoms with E-state index in [0.717, 1.165) is 12.8 Å². The standard InChI is InChI=1S/C16H18FN3O2S/c17-14-4-2-1-3-11(14)10-23-16-18-7-13(9-21)20(16)8-15(22)19-12-5-6-12/h1-4,7,12,21H,5-6,8-10H2,(H,19,22). The number of aliphatic hydroxyl groups excluding tert-OH is 1. The maximum atomic E-state index is 13.7. The molecule has 1 aliphatic carbocycles. The van der Waals surface area contributed by atoms with Crippen LogP contribution in [0, 0.1) is 5.82 Å². The number of benzene rings is 1. The Kier molecular flexibility index (Phi) is 4.97. The molecule has 3 rings (SSSR count). The highest BCUT2D eigenvalue weighted by molar-refractivity contribution is 7.98. The molecular weight excluding hydrogens is 317 g/mol. The lowest BCUT2D eigenvalue weighted by atomic mass is 10.2. The van der Waals surface area contributed by atoms with Gasteiger partial charge in [0, 0.05) is 11.8 Å². The Bertz CT molecular complexity index is 700. The highest BCUT2D eigenvalue weighted by Gasteiger charge is 2.24. The van der Waals surface area contributed by atoms with E-state index in [1.807, 2.05) is 0 Å². The van der Waals surface area contributed by atoms with Gasteiger partial charge < -0.3 is 15.0 Å². The Hall–Kier alpha value is -1.86. The number of amides is 1. The molecule has 0 saturated heterocycles. The smallest absolute Gasteiger partial charge is 0.240 e. The van der Waals surface area contributed by atoms with Gasteiger partial charge >= 0.3 is 0 Å². The number of carbonyl (C=O) groups is 1. The first kappa shape index (κ1) is 16.0. The fourth-order valence-corrected chi connectivity index (χ4v) is 3.19. The topological polar surface area (TPSA) is 67.2 Å². The Balaban J connectivity index is 1.69. The fourth-order valence-electron chi connectivity index (χ4n) is 2.20. The number of carbonyl (C=O) groups excluding carboxylic acids is 1. The van der Waals surface area contributed by atoms with Crippen molar-refractivity contribution in [3.8, 4) is 0 Å². The molecule has 2 aromatic rings. The molecule has 2 N–H and O–H groups in total. The van der Waals surface area contributed by atoms with Gasteiger partial charge in [0.2, 0.25) is 5.91 Å². The molecule has 122 valence electrons. The van der Waals surface area contributed by atoms with Crippen LogP contribution in [0.1, 0.15) is 24.1 Å². The van der Waals surface area contributed by atoms with Gasteiger partial charge in [0.1, 0.15) is 12.4 Å². The van der Waals surface area contributed by atoms with Crippen molar-refractivity contribution in [2.75, 3.05) is 0 Å². The van der Waals surface area contributed by atoms with Crippen LogP contribution in [0.15, 0.2) is 35.6 Å². The summed E-state index contributed by atoms with van der Waals surface area (Å²) >= 11 is 1.35. The lowest BCUT2D eigenvalue weighted by molar-refractivity contribution is -0.122. The second kappa shape index (κ2) is 7.14. The monoisotopic (exact) mass is 335 g/mol. The third-order valence-corrected chi connectivity index (χ3v) is 4.66. The summed E-state index contributed by atoms with van der Waals surface area (Å²) < 4.78 is 15.4. The summed E-state index contributed by atoms with van der Waals surface area (Å²) in [7, 11) is 0. The normalized spacial score (nSPS) is 14.0. The molecule has 1 saturated carbocycles. The number of aromatic nitrogens is 2. The van der Waals surface area contributed by atoms with Crippen LogP contribution in [-0.4, -0.2) is 26.6 Å². The van der Waals surface area contributed by atoms with Crippen molar-refractivity contribution in [3.63, 3.8) is 0 Å². The molecule has 1 heterocycles. The van der Waals surface area contributed by atoms with Crippen LogP contribution >= 0.6 is 11.8 Å². The van der Waals surface area contributed by atoms with Crippen molar-refractivity contribution in [1.29, 1.82) is 0 Å². The number of imidazole rings is 1. The third kappa shape index (κ3) is 4.11. The second-order valence-corrected chi connectivity index (χ2v) is 6.44. The van der Waals surface area contributed by atoms with Gasteiger partial charge in [-0.25, -0.2) is 9.37 Å². The summed E-state index contributed by atoms with van der Waals surface area (Å²) in [4.78, 5) is 16.2. The van der Waals surface area contributed by atoms with E-state index in [4.69, 9.17) is 0 Å². The molecule has 0 spiro atoms. The van der Waals surface area contributed by atoms with E-state index in [9.17, 15) is 14.3 Å². The molecule has 1 fully saturated rings. The summed E-state index contributed by atoms with van der Waals surface area (Å²) in [6.45, 7) is -0.0734. The van der Waals surface area contributed by atoms with Gasteiger partial charge in [0.15, 0.2) is 5.16 Å². The molecular formula is C16H18FN3O2S. The number of nitrogens with one attached hydrogen (secondary N) is 1. The summed E-state index contributed by atoms with van der Waals surface area (Å²) in [5.41, 5.74) is 1.16. The number of nitrogens with zero attached hydrogens (tertiary/aromatic N) is 2. The van der Waals surface area contributed by atoms with Crippen LogP contribution in [-0.2, 0) is 23.7 Å². The van der Waals surface area contributed by atoms with Gasteiger partial charge in [0.05, 0.1) is 18.5 Å². The average molecular weight is 335 g/mol. The minimum absolute atomic E-state index is 0.0899. The molecule has 7 heteroatoms.